The van der Waals surface area contributed by atoms with Crippen LogP contribution in [0.25, 0.3) is 5.65 Å². The first-order valence-corrected chi connectivity index (χ1v) is 7.05. The van der Waals surface area contributed by atoms with Gasteiger partial charge in [-0.3, -0.25) is 0 Å². The molecule has 2 aromatic heterocycles. The van der Waals surface area contributed by atoms with Crippen molar-refractivity contribution in [2.24, 2.45) is 0 Å². The van der Waals surface area contributed by atoms with E-state index in [-0.39, 0.29) is 0 Å². The van der Waals surface area contributed by atoms with E-state index in [2.05, 4.69) is 36.1 Å². The minimum absolute atomic E-state index is 0.908. The molecule has 1 N–H and O–H groups in total. The van der Waals surface area contributed by atoms with Crippen LogP contribution < -0.4 is 10.2 Å². The summed E-state index contributed by atoms with van der Waals surface area (Å²) < 4.78 is 2.03. The fraction of sp³-hybridized carbons (Fsp3) is 0.571. The molecule has 0 aliphatic heterocycles. The van der Waals surface area contributed by atoms with Crippen LogP contribution in [0, 0.1) is 0 Å². The van der Waals surface area contributed by atoms with Crippen LogP contribution in [0.15, 0.2) is 18.6 Å². The van der Waals surface area contributed by atoms with Crippen molar-refractivity contribution < 1.29 is 0 Å². The van der Waals surface area contributed by atoms with Crippen molar-refractivity contribution in [3.05, 3.63) is 18.6 Å². The molecule has 0 aromatic carbocycles. The summed E-state index contributed by atoms with van der Waals surface area (Å²) in [7, 11) is 2.08. The number of nitrogens with zero attached hydrogens (tertiary/aromatic N) is 4. The maximum absolute atomic E-state index is 4.69. The quantitative estimate of drug-likeness (QED) is 0.832. The molecule has 19 heavy (non-hydrogen) atoms. The van der Waals surface area contributed by atoms with Crippen molar-refractivity contribution in [3.8, 4) is 0 Å². The van der Waals surface area contributed by atoms with Crippen LogP contribution >= 0.6 is 0 Å². The SMILES string of the molecule is CCCCN(C)c1nc(NCCC)cn2ccnc12. The minimum atomic E-state index is 0.908. The van der Waals surface area contributed by atoms with Crippen molar-refractivity contribution in [1.29, 1.82) is 0 Å². The standard InChI is InChI=1S/C14H23N5/c1-4-6-9-18(3)14-13-16-8-10-19(13)11-12(17-14)15-7-5-2/h8,10-11,15H,4-7,9H2,1-3H3. The van der Waals surface area contributed by atoms with Gasteiger partial charge in [0.25, 0.3) is 0 Å². The summed E-state index contributed by atoms with van der Waals surface area (Å²) in [4.78, 5) is 11.3. The molecule has 0 radical (unpaired) electrons. The average Bonchev–Trinajstić information content (AvgIpc) is 2.89. The van der Waals surface area contributed by atoms with Crippen molar-refractivity contribution in [2.75, 3.05) is 30.4 Å². The number of imidazole rings is 1. The summed E-state index contributed by atoms with van der Waals surface area (Å²) in [5.74, 6) is 1.85. The number of nitrogens with one attached hydrogen (secondary N) is 1. The minimum Gasteiger partial charge on any atom is -0.369 e. The van der Waals surface area contributed by atoms with Gasteiger partial charge >= 0.3 is 0 Å². The second-order valence-corrected chi connectivity index (χ2v) is 4.81. The van der Waals surface area contributed by atoms with E-state index in [0.717, 1.165) is 43.2 Å². The smallest absolute Gasteiger partial charge is 0.180 e. The van der Waals surface area contributed by atoms with E-state index in [9.17, 15) is 0 Å². The highest BCUT2D eigenvalue weighted by Gasteiger charge is 2.11. The molecule has 0 aliphatic rings. The van der Waals surface area contributed by atoms with E-state index in [4.69, 9.17) is 4.98 Å². The molecule has 0 saturated carbocycles. The van der Waals surface area contributed by atoms with Gasteiger partial charge in [0, 0.05) is 32.5 Å². The first-order chi connectivity index (χ1) is 9.26. The lowest BCUT2D eigenvalue weighted by atomic mass is 10.3. The van der Waals surface area contributed by atoms with Gasteiger partial charge in [0.15, 0.2) is 11.5 Å². The van der Waals surface area contributed by atoms with Gasteiger partial charge in [0.1, 0.15) is 5.82 Å². The van der Waals surface area contributed by atoms with Crippen LogP contribution in [0.4, 0.5) is 11.6 Å². The Morgan fingerprint density at radius 1 is 1.32 bits per heavy atom. The Hall–Kier alpha value is -1.78. The van der Waals surface area contributed by atoms with E-state index in [1.807, 2.05) is 23.0 Å². The van der Waals surface area contributed by atoms with Gasteiger partial charge in [-0.15, -0.1) is 0 Å². The first-order valence-electron chi connectivity index (χ1n) is 7.05. The zero-order valence-corrected chi connectivity index (χ0v) is 12.1. The molecule has 0 unspecified atom stereocenters. The summed E-state index contributed by atoms with van der Waals surface area (Å²) >= 11 is 0. The third-order valence-electron chi connectivity index (χ3n) is 3.12. The largest absolute Gasteiger partial charge is 0.369 e. The molecule has 5 heteroatoms. The molecule has 2 heterocycles. The van der Waals surface area contributed by atoms with Crippen LogP contribution in [0.2, 0.25) is 0 Å². The second kappa shape index (κ2) is 6.41. The van der Waals surface area contributed by atoms with Gasteiger partial charge in [-0.1, -0.05) is 20.3 Å². The number of unbranched alkanes of at least 4 members (excludes halogenated alkanes) is 1. The van der Waals surface area contributed by atoms with E-state index >= 15 is 0 Å². The van der Waals surface area contributed by atoms with Crippen LogP contribution in [-0.2, 0) is 0 Å². The first kappa shape index (κ1) is 13.6. The molecule has 0 bridgehead atoms. The van der Waals surface area contributed by atoms with Crippen LogP contribution in [-0.4, -0.2) is 34.5 Å². The van der Waals surface area contributed by atoms with Crippen LogP contribution in [0.3, 0.4) is 0 Å². The fourth-order valence-corrected chi connectivity index (χ4v) is 2.01. The average molecular weight is 261 g/mol. The topological polar surface area (TPSA) is 45.5 Å². The lowest BCUT2D eigenvalue weighted by molar-refractivity contribution is 0.759. The molecule has 0 aliphatic carbocycles. The molecule has 5 nitrogen and oxygen atoms in total. The predicted octanol–water partition coefficient (Wildman–Crippen LogP) is 2.79. The van der Waals surface area contributed by atoms with E-state index in [0.29, 0.717) is 0 Å². The molecule has 0 atom stereocenters. The highest BCUT2D eigenvalue weighted by Crippen LogP contribution is 2.20. The Bertz CT molecular complexity index is 520. The number of hydrogen-bond acceptors (Lipinski definition) is 4. The predicted molar refractivity (Wildman–Crippen MR) is 79.9 cm³/mol. The normalized spacial score (nSPS) is 10.9. The molecule has 0 saturated heterocycles. The van der Waals surface area contributed by atoms with Crippen LogP contribution in [0.1, 0.15) is 33.1 Å². The number of fused-ring (bicyclic) bond motifs is 1. The molecule has 0 amide bonds. The van der Waals surface area contributed by atoms with Gasteiger partial charge < -0.3 is 14.6 Å². The molecule has 0 fully saturated rings. The van der Waals surface area contributed by atoms with Crippen molar-refractivity contribution in [2.45, 2.75) is 33.1 Å². The maximum Gasteiger partial charge on any atom is 0.180 e. The van der Waals surface area contributed by atoms with Crippen LogP contribution in [0.5, 0.6) is 0 Å². The Morgan fingerprint density at radius 3 is 2.89 bits per heavy atom. The van der Waals surface area contributed by atoms with Crippen molar-refractivity contribution in [1.82, 2.24) is 14.4 Å². The van der Waals surface area contributed by atoms with E-state index in [1.54, 1.807) is 0 Å². The third kappa shape index (κ3) is 3.16. The van der Waals surface area contributed by atoms with Gasteiger partial charge in [-0.25, -0.2) is 9.97 Å². The lowest BCUT2D eigenvalue weighted by Crippen LogP contribution is -2.21. The Morgan fingerprint density at radius 2 is 2.16 bits per heavy atom. The molecule has 2 rings (SSSR count). The Labute approximate surface area is 114 Å². The van der Waals surface area contributed by atoms with Gasteiger partial charge in [0.2, 0.25) is 0 Å². The number of hydrogen-bond donors (Lipinski definition) is 1. The summed E-state index contributed by atoms with van der Waals surface area (Å²) in [6.07, 6.45) is 9.21. The lowest BCUT2D eigenvalue weighted by Gasteiger charge is -2.19. The summed E-state index contributed by atoms with van der Waals surface area (Å²) in [5.41, 5.74) is 0.917. The fourth-order valence-electron chi connectivity index (χ4n) is 2.01. The molecular weight excluding hydrogens is 238 g/mol. The third-order valence-corrected chi connectivity index (χ3v) is 3.12. The van der Waals surface area contributed by atoms with E-state index in [1.165, 1.54) is 6.42 Å². The molecule has 2 aromatic rings. The second-order valence-electron chi connectivity index (χ2n) is 4.81. The number of anilines is 2. The Kier molecular flexibility index (Phi) is 4.60. The number of aromatic nitrogens is 3. The molecular formula is C14H23N5. The molecule has 104 valence electrons. The van der Waals surface area contributed by atoms with Crippen molar-refractivity contribution in [3.63, 3.8) is 0 Å². The summed E-state index contributed by atoms with van der Waals surface area (Å²) in [5, 5.41) is 3.34. The zero-order chi connectivity index (χ0) is 13.7. The van der Waals surface area contributed by atoms with Gasteiger partial charge in [-0.2, -0.15) is 0 Å². The summed E-state index contributed by atoms with van der Waals surface area (Å²) in [6, 6.07) is 0. The highest BCUT2D eigenvalue weighted by atomic mass is 15.2. The monoisotopic (exact) mass is 261 g/mol. The highest BCUT2D eigenvalue weighted by molar-refractivity contribution is 5.66. The van der Waals surface area contributed by atoms with E-state index < -0.39 is 0 Å². The number of rotatable bonds is 7. The Balaban J connectivity index is 2.30. The summed E-state index contributed by atoms with van der Waals surface area (Å²) in [6.45, 7) is 6.29. The maximum atomic E-state index is 4.69. The molecule has 0 spiro atoms. The van der Waals surface area contributed by atoms with Gasteiger partial charge in [0.05, 0.1) is 6.20 Å². The van der Waals surface area contributed by atoms with Crippen molar-refractivity contribution >= 4 is 17.3 Å². The van der Waals surface area contributed by atoms with Gasteiger partial charge in [-0.05, 0) is 12.8 Å². The zero-order valence-electron chi connectivity index (χ0n) is 12.1.